The molecule has 0 saturated heterocycles. The summed E-state index contributed by atoms with van der Waals surface area (Å²) < 4.78 is 0. The summed E-state index contributed by atoms with van der Waals surface area (Å²) in [5.41, 5.74) is 5.99. The molecular weight excluding hydrogens is 382 g/mol. The lowest BCUT2D eigenvalue weighted by Crippen LogP contribution is -2.21. The highest BCUT2D eigenvalue weighted by Gasteiger charge is 2.35. The van der Waals surface area contributed by atoms with Crippen molar-refractivity contribution in [3.8, 4) is 0 Å². The Balaban J connectivity index is 1.30. The van der Waals surface area contributed by atoms with Gasteiger partial charge < -0.3 is 16.0 Å². The Morgan fingerprint density at radius 3 is 2.59 bits per heavy atom. The van der Waals surface area contributed by atoms with Crippen LogP contribution in [0.15, 0.2) is 36.4 Å². The second-order valence-electron chi connectivity index (χ2n) is 8.70. The van der Waals surface area contributed by atoms with Crippen LogP contribution in [0.4, 0.5) is 11.4 Å². The van der Waals surface area contributed by atoms with Crippen LogP contribution in [0, 0.1) is 11.8 Å². The largest absolute Gasteiger partial charge is 0.380 e. The fourth-order valence-corrected chi connectivity index (χ4v) is 4.67. The molecule has 1 amide bonds. The van der Waals surface area contributed by atoms with Gasteiger partial charge in [0, 0.05) is 24.7 Å². The van der Waals surface area contributed by atoms with E-state index in [2.05, 4.69) is 40.2 Å². The molecule has 2 fully saturated rings. The summed E-state index contributed by atoms with van der Waals surface area (Å²) >= 11 is 6.61. The number of fused-ring (bicyclic) bond motifs is 1. The van der Waals surface area contributed by atoms with Crippen molar-refractivity contribution in [2.45, 2.75) is 44.6 Å². The molecule has 0 aromatic heterocycles. The average Bonchev–Trinajstić information content (AvgIpc) is 3.60. The number of carbonyl (C=O) groups is 1. The fourth-order valence-electron chi connectivity index (χ4n) is 4.43. The van der Waals surface area contributed by atoms with Crippen LogP contribution in [0.3, 0.4) is 0 Å². The van der Waals surface area contributed by atoms with Gasteiger partial charge in [-0.2, -0.15) is 0 Å². The number of hydrogen-bond donors (Lipinski definition) is 3. The van der Waals surface area contributed by atoms with Crippen molar-refractivity contribution in [1.82, 2.24) is 5.32 Å². The number of nitrogens with one attached hydrogen (secondary N) is 3. The van der Waals surface area contributed by atoms with Gasteiger partial charge >= 0.3 is 0 Å². The van der Waals surface area contributed by atoms with E-state index in [-0.39, 0.29) is 11.8 Å². The zero-order valence-electron chi connectivity index (χ0n) is 16.6. The van der Waals surface area contributed by atoms with Gasteiger partial charge in [0.25, 0.3) is 0 Å². The maximum atomic E-state index is 11.9. The predicted octanol–water partition coefficient (Wildman–Crippen LogP) is 4.94. The lowest BCUT2D eigenvalue weighted by Gasteiger charge is -2.21. The molecular formula is C24H28ClN3O. The number of halogens is 1. The first-order chi connectivity index (χ1) is 14.2. The van der Waals surface area contributed by atoms with Gasteiger partial charge in [-0.1, -0.05) is 29.8 Å². The molecule has 1 unspecified atom stereocenters. The van der Waals surface area contributed by atoms with E-state index < -0.39 is 0 Å². The maximum absolute atomic E-state index is 11.9. The fraction of sp³-hybridized carbons (Fsp3) is 0.458. The second-order valence-corrected chi connectivity index (χ2v) is 9.11. The van der Waals surface area contributed by atoms with E-state index in [9.17, 15) is 4.79 Å². The normalized spacial score (nSPS) is 21.2. The van der Waals surface area contributed by atoms with E-state index in [0.717, 1.165) is 54.7 Å². The third-order valence-electron chi connectivity index (χ3n) is 6.44. The predicted molar refractivity (Wildman–Crippen MR) is 119 cm³/mol. The molecule has 2 saturated carbocycles. The summed E-state index contributed by atoms with van der Waals surface area (Å²) in [6.07, 6.45) is 5.75. The Labute approximate surface area is 177 Å². The number of hydrogen-bond acceptors (Lipinski definition) is 3. The van der Waals surface area contributed by atoms with Crippen LogP contribution in [-0.4, -0.2) is 19.0 Å². The quantitative estimate of drug-likeness (QED) is 0.633. The maximum Gasteiger partial charge on any atom is 0.227 e. The van der Waals surface area contributed by atoms with Crippen molar-refractivity contribution >= 4 is 28.9 Å². The standard InChI is InChI=1S/C24H28ClN3O/c25-22-10-9-19-20(11-12-26-14-21(19)16-3-4-16)23(22)27-13-15-1-7-18(8-2-15)28-24(29)17-5-6-17/h1-2,7-10,16-17,21,26-27H,3-6,11-14H2,(H,28,29). The average molecular weight is 410 g/mol. The zero-order chi connectivity index (χ0) is 19.8. The third-order valence-corrected chi connectivity index (χ3v) is 6.76. The summed E-state index contributed by atoms with van der Waals surface area (Å²) in [6, 6.07) is 12.4. The zero-order valence-corrected chi connectivity index (χ0v) is 17.4. The van der Waals surface area contributed by atoms with E-state index in [1.54, 1.807) is 0 Å². The van der Waals surface area contributed by atoms with E-state index in [1.807, 2.05) is 12.1 Å². The number of rotatable bonds is 6. The molecule has 3 N–H and O–H groups in total. The smallest absolute Gasteiger partial charge is 0.227 e. The van der Waals surface area contributed by atoms with E-state index in [4.69, 9.17) is 11.6 Å². The number of amides is 1. The summed E-state index contributed by atoms with van der Waals surface area (Å²) in [7, 11) is 0. The third kappa shape index (κ3) is 4.29. The van der Waals surface area contributed by atoms with Crippen molar-refractivity contribution in [2.75, 3.05) is 23.7 Å². The SMILES string of the molecule is O=C(Nc1ccc(CNc2c(Cl)ccc3c2CCNCC3C2CC2)cc1)C1CC1. The minimum atomic E-state index is 0.147. The van der Waals surface area contributed by atoms with Crippen molar-refractivity contribution in [2.24, 2.45) is 11.8 Å². The first kappa shape index (κ1) is 19.0. The van der Waals surface area contributed by atoms with Crippen LogP contribution >= 0.6 is 11.6 Å². The van der Waals surface area contributed by atoms with Crippen LogP contribution in [0.2, 0.25) is 5.02 Å². The van der Waals surface area contributed by atoms with Crippen molar-refractivity contribution < 1.29 is 4.79 Å². The van der Waals surface area contributed by atoms with Crippen LogP contribution in [-0.2, 0) is 17.8 Å². The van der Waals surface area contributed by atoms with Gasteiger partial charge in [0.05, 0.1) is 10.7 Å². The minimum Gasteiger partial charge on any atom is -0.380 e. The minimum absolute atomic E-state index is 0.147. The molecule has 0 radical (unpaired) electrons. The summed E-state index contributed by atoms with van der Waals surface area (Å²) in [5, 5.41) is 11.0. The van der Waals surface area contributed by atoms with Gasteiger partial charge in [-0.15, -0.1) is 0 Å². The molecule has 0 spiro atoms. The Kier molecular flexibility index (Phi) is 5.23. The van der Waals surface area contributed by atoms with Crippen LogP contribution in [0.25, 0.3) is 0 Å². The summed E-state index contributed by atoms with van der Waals surface area (Å²) in [6.45, 7) is 2.79. The molecule has 0 bridgehead atoms. The van der Waals surface area contributed by atoms with Crippen molar-refractivity contribution in [3.63, 3.8) is 0 Å². The van der Waals surface area contributed by atoms with E-state index >= 15 is 0 Å². The topological polar surface area (TPSA) is 53.2 Å². The van der Waals surface area contributed by atoms with Crippen LogP contribution < -0.4 is 16.0 Å². The molecule has 5 heteroatoms. The molecule has 152 valence electrons. The lowest BCUT2D eigenvalue weighted by molar-refractivity contribution is -0.117. The molecule has 1 heterocycles. The van der Waals surface area contributed by atoms with Crippen LogP contribution in [0.1, 0.15) is 48.3 Å². The number of carbonyl (C=O) groups excluding carboxylic acids is 1. The molecule has 4 nitrogen and oxygen atoms in total. The number of anilines is 2. The summed E-state index contributed by atoms with van der Waals surface area (Å²) in [4.78, 5) is 11.9. The number of benzene rings is 2. The van der Waals surface area contributed by atoms with Crippen molar-refractivity contribution in [1.29, 1.82) is 0 Å². The monoisotopic (exact) mass is 409 g/mol. The molecule has 2 aromatic carbocycles. The van der Waals surface area contributed by atoms with Gasteiger partial charge in [0.2, 0.25) is 5.91 Å². The molecule has 2 aromatic rings. The Hall–Kier alpha value is -2.04. The van der Waals surface area contributed by atoms with Gasteiger partial charge in [-0.3, -0.25) is 4.79 Å². The van der Waals surface area contributed by atoms with Crippen molar-refractivity contribution in [3.05, 3.63) is 58.1 Å². The van der Waals surface area contributed by atoms with Crippen LogP contribution in [0.5, 0.6) is 0 Å². The second kappa shape index (κ2) is 8.00. The first-order valence-corrected chi connectivity index (χ1v) is 11.2. The lowest BCUT2D eigenvalue weighted by atomic mass is 9.89. The van der Waals surface area contributed by atoms with Gasteiger partial charge in [-0.25, -0.2) is 0 Å². The van der Waals surface area contributed by atoms with Gasteiger partial charge in [0.1, 0.15) is 0 Å². The molecule has 1 aliphatic heterocycles. The highest BCUT2D eigenvalue weighted by Crippen LogP contribution is 2.46. The molecule has 5 rings (SSSR count). The Morgan fingerprint density at radius 2 is 1.86 bits per heavy atom. The Bertz CT molecular complexity index is 903. The highest BCUT2D eigenvalue weighted by molar-refractivity contribution is 6.33. The highest BCUT2D eigenvalue weighted by atomic mass is 35.5. The van der Waals surface area contributed by atoms with E-state index in [1.165, 1.54) is 29.5 Å². The molecule has 29 heavy (non-hydrogen) atoms. The van der Waals surface area contributed by atoms with Gasteiger partial charge in [-0.05, 0) is 85.4 Å². The molecule has 1 atom stereocenters. The van der Waals surface area contributed by atoms with Gasteiger partial charge in [0.15, 0.2) is 0 Å². The molecule has 2 aliphatic carbocycles. The van der Waals surface area contributed by atoms with E-state index in [0.29, 0.717) is 12.5 Å². The Morgan fingerprint density at radius 1 is 1.07 bits per heavy atom. The first-order valence-electron chi connectivity index (χ1n) is 10.8. The summed E-state index contributed by atoms with van der Waals surface area (Å²) in [5.74, 6) is 1.81. The molecule has 3 aliphatic rings.